The van der Waals surface area contributed by atoms with Crippen molar-refractivity contribution >= 4 is 87.0 Å². The lowest BCUT2D eigenvalue weighted by Gasteiger charge is -2.15. The van der Waals surface area contributed by atoms with Crippen LogP contribution in [-0.4, -0.2) is 0 Å². The molecule has 0 aliphatic heterocycles. The molecular weight excluding hydrogens is 633 g/mol. The van der Waals surface area contributed by atoms with Crippen LogP contribution in [0.1, 0.15) is 0 Å². The van der Waals surface area contributed by atoms with Gasteiger partial charge in [0.25, 0.3) is 0 Å². The van der Waals surface area contributed by atoms with E-state index in [1.807, 2.05) is 12.1 Å². The number of fused-ring (bicyclic) bond motifs is 7. The molecular formula is C50H28O2. The van der Waals surface area contributed by atoms with Gasteiger partial charge in [-0.25, -0.2) is 0 Å². The van der Waals surface area contributed by atoms with Gasteiger partial charge in [-0.3, -0.25) is 0 Å². The maximum Gasteiger partial charge on any atom is 0.143 e. The Morgan fingerprint density at radius 1 is 0.269 bits per heavy atom. The van der Waals surface area contributed by atoms with Crippen LogP contribution in [0.25, 0.3) is 120 Å². The van der Waals surface area contributed by atoms with Gasteiger partial charge in [-0.05, 0) is 107 Å². The fourth-order valence-electron chi connectivity index (χ4n) is 8.84. The van der Waals surface area contributed by atoms with E-state index < -0.39 is 0 Å². The van der Waals surface area contributed by atoms with Crippen molar-refractivity contribution in [3.05, 3.63) is 170 Å². The van der Waals surface area contributed by atoms with Crippen LogP contribution < -0.4 is 0 Å². The first-order chi connectivity index (χ1) is 25.8. The molecule has 10 aromatic carbocycles. The van der Waals surface area contributed by atoms with Crippen molar-refractivity contribution in [1.29, 1.82) is 0 Å². The van der Waals surface area contributed by atoms with E-state index in [-0.39, 0.29) is 0 Å². The second-order valence-corrected chi connectivity index (χ2v) is 14.0. The summed E-state index contributed by atoms with van der Waals surface area (Å²) in [6.07, 6.45) is 0. The van der Waals surface area contributed by atoms with E-state index in [4.69, 9.17) is 8.83 Å². The molecule has 240 valence electrons. The second-order valence-electron chi connectivity index (χ2n) is 14.0. The molecule has 0 N–H and O–H groups in total. The SMILES string of the molecule is c1ccc(-c2ccc3cc4c(cc3c2)oc2c(-c3cccc5oc6ccccc6c35)ccc(-c3ccc5ccc6cccc7ccc3c5c67)c24)cc1. The summed E-state index contributed by atoms with van der Waals surface area (Å²) in [4.78, 5) is 0. The van der Waals surface area contributed by atoms with Gasteiger partial charge in [-0.2, -0.15) is 0 Å². The topological polar surface area (TPSA) is 26.3 Å². The molecule has 2 heteroatoms. The zero-order chi connectivity index (χ0) is 33.9. The third-order valence-corrected chi connectivity index (χ3v) is 11.2. The van der Waals surface area contributed by atoms with E-state index in [1.165, 1.54) is 60.0 Å². The van der Waals surface area contributed by atoms with E-state index in [2.05, 4.69) is 158 Å². The Labute approximate surface area is 298 Å². The van der Waals surface area contributed by atoms with Crippen LogP contribution in [0.2, 0.25) is 0 Å². The van der Waals surface area contributed by atoms with Gasteiger partial charge < -0.3 is 8.83 Å². The van der Waals surface area contributed by atoms with E-state index in [9.17, 15) is 0 Å². The number of para-hydroxylation sites is 1. The second kappa shape index (κ2) is 10.3. The largest absolute Gasteiger partial charge is 0.456 e. The van der Waals surface area contributed by atoms with Crippen LogP contribution in [0, 0.1) is 0 Å². The van der Waals surface area contributed by atoms with Gasteiger partial charge in [-0.15, -0.1) is 0 Å². The average Bonchev–Trinajstić information content (AvgIpc) is 3.77. The molecule has 2 nitrogen and oxygen atoms in total. The molecule has 0 bridgehead atoms. The van der Waals surface area contributed by atoms with Crippen molar-refractivity contribution in [2.45, 2.75) is 0 Å². The van der Waals surface area contributed by atoms with Crippen molar-refractivity contribution in [1.82, 2.24) is 0 Å². The van der Waals surface area contributed by atoms with E-state index >= 15 is 0 Å². The van der Waals surface area contributed by atoms with Crippen molar-refractivity contribution in [2.75, 3.05) is 0 Å². The summed E-state index contributed by atoms with van der Waals surface area (Å²) in [6, 6.07) is 61.3. The summed E-state index contributed by atoms with van der Waals surface area (Å²) in [7, 11) is 0. The Morgan fingerprint density at radius 2 is 0.962 bits per heavy atom. The predicted molar refractivity (Wildman–Crippen MR) is 219 cm³/mol. The van der Waals surface area contributed by atoms with Crippen LogP contribution in [0.4, 0.5) is 0 Å². The summed E-state index contributed by atoms with van der Waals surface area (Å²) >= 11 is 0. The van der Waals surface area contributed by atoms with Gasteiger partial charge in [0.05, 0.1) is 0 Å². The predicted octanol–water partition coefficient (Wildman–Crippen LogP) is 14.5. The molecule has 0 spiro atoms. The highest BCUT2D eigenvalue weighted by Gasteiger charge is 2.22. The van der Waals surface area contributed by atoms with Crippen LogP contribution in [0.5, 0.6) is 0 Å². The van der Waals surface area contributed by atoms with Gasteiger partial charge in [0.15, 0.2) is 0 Å². The molecule has 0 saturated heterocycles. The van der Waals surface area contributed by atoms with E-state index in [0.717, 1.165) is 60.4 Å². The van der Waals surface area contributed by atoms with Gasteiger partial charge >= 0.3 is 0 Å². The van der Waals surface area contributed by atoms with Crippen LogP contribution in [0.3, 0.4) is 0 Å². The number of hydrogen-bond acceptors (Lipinski definition) is 2. The fourth-order valence-corrected chi connectivity index (χ4v) is 8.84. The highest BCUT2D eigenvalue weighted by atomic mass is 16.3. The number of furan rings is 2. The number of benzene rings is 10. The van der Waals surface area contributed by atoms with Crippen LogP contribution in [0.15, 0.2) is 179 Å². The molecule has 0 aliphatic rings. The quantitative estimate of drug-likeness (QED) is 0.176. The lowest BCUT2D eigenvalue weighted by Crippen LogP contribution is -1.89. The summed E-state index contributed by atoms with van der Waals surface area (Å²) in [6.45, 7) is 0. The third-order valence-electron chi connectivity index (χ3n) is 11.2. The molecule has 52 heavy (non-hydrogen) atoms. The van der Waals surface area contributed by atoms with Crippen molar-refractivity contribution in [3.63, 3.8) is 0 Å². The Balaban J connectivity index is 1.20. The Hall–Kier alpha value is -6.90. The van der Waals surface area contributed by atoms with Gasteiger partial charge in [0.1, 0.15) is 22.3 Å². The monoisotopic (exact) mass is 660 g/mol. The van der Waals surface area contributed by atoms with E-state index in [1.54, 1.807) is 0 Å². The minimum absolute atomic E-state index is 0.873. The van der Waals surface area contributed by atoms with Gasteiger partial charge in [-0.1, -0.05) is 133 Å². The lowest BCUT2D eigenvalue weighted by molar-refractivity contribution is 0.669. The molecule has 12 rings (SSSR count). The first-order valence-corrected chi connectivity index (χ1v) is 17.8. The van der Waals surface area contributed by atoms with Crippen molar-refractivity contribution in [3.8, 4) is 33.4 Å². The van der Waals surface area contributed by atoms with Gasteiger partial charge in [0, 0.05) is 27.1 Å². The summed E-state index contributed by atoms with van der Waals surface area (Å²) < 4.78 is 13.4. The maximum absolute atomic E-state index is 7.09. The Morgan fingerprint density at radius 3 is 1.87 bits per heavy atom. The molecule has 0 fully saturated rings. The highest BCUT2D eigenvalue weighted by molar-refractivity contribution is 6.28. The smallest absolute Gasteiger partial charge is 0.143 e. The summed E-state index contributed by atoms with van der Waals surface area (Å²) in [5, 5.41) is 14.5. The maximum atomic E-state index is 7.09. The lowest BCUT2D eigenvalue weighted by atomic mass is 9.87. The highest BCUT2D eigenvalue weighted by Crippen LogP contribution is 2.48. The normalized spacial score (nSPS) is 12.2. The summed E-state index contributed by atoms with van der Waals surface area (Å²) in [5.41, 5.74) is 10.4. The molecule has 2 aromatic heterocycles. The standard InChI is InChI=1S/C50H28O2/c1-2-8-29(9-3-1)33-18-19-34-27-42-45(28-35(34)26-33)52-50-40(37-13-7-15-44-48(37)41-12-4-5-14-43(41)51-44)25-24-39(49(42)50)36-22-20-32-17-16-30-10-6-11-31-21-23-38(36)47(32)46(30)31/h1-28H. The fraction of sp³-hybridized carbons (Fsp3) is 0. The van der Waals surface area contributed by atoms with Crippen molar-refractivity contribution < 1.29 is 8.83 Å². The first-order valence-electron chi connectivity index (χ1n) is 17.8. The Kier molecular flexibility index (Phi) is 5.53. The molecule has 2 heterocycles. The average molecular weight is 661 g/mol. The molecule has 12 aromatic rings. The summed E-state index contributed by atoms with van der Waals surface area (Å²) in [5.74, 6) is 0. The number of rotatable bonds is 3. The zero-order valence-electron chi connectivity index (χ0n) is 28.0. The molecule has 0 aliphatic carbocycles. The number of hydrogen-bond donors (Lipinski definition) is 0. The van der Waals surface area contributed by atoms with Crippen molar-refractivity contribution in [2.24, 2.45) is 0 Å². The molecule has 0 amide bonds. The first kappa shape index (κ1) is 27.9. The molecule has 0 unspecified atom stereocenters. The minimum atomic E-state index is 0.873. The molecule has 0 atom stereocenters. The van der Waals surface area contributed by atoms with E-state index in [0.29, 0.717) is 0 Å². The minimum Gasteiger partial charge on any atom is -0.456 e. The van der Waals surface area contributed by atoms with Crippen LogP contribution in [-0.2, 0) is 0 Å². The Bertz CT molecular complexity index is 3380. The zero-order valence-corrected chi connectivity index (χ0v) is 28.0. The van der Waals surface area contributed by atoms with Gasteiger partial charge in [0.2, 0.25) is 0 Å². The molecule has 0 saturated carbocycles. The van der Waals surface area contributed by atoms with Crippen LogP contribution >= 0.6 is 0 Å². The third kappa shape index (κ3) is 3.84. The molecule has 0 radical (unpaired) electrons.